The summed E-state index contributed by atoms with van der Waals surface area (Å²) in [5, 5.41) is 2.89. The first-order valence-electron chi connectivity index (χ1n) is 10.1. The van der Waals surface area contributed by atoms with Crippen LogP contribution in [0.3, 0.4) is 0 Å². The summed E-state index contributed by atoms with van der Waals surface area (Å²) in [5.41, 5.74) is 7.50. The van der Waals surface area contributed by atoms with Crippen LogP contribution < -0.4 is 11.1 Å². The van der Waals surface area contributed by atoms with Crippen LogP contribution in [-0.4, -0.2) is 28.6 Å². The Morgan fingerprint density at radius 3 is 2.55 bits per heavy atom. The van der Waals surface area contributed by atoms with E-state index in [0.717, 1.165) is 24.8 Å². The topological polar surface area (TPSA) is 102 Å². The predicted molar refractivity (Wildman–Crippen MR) is 110 cm³/mol. The van der Waals surface area contributed by atoms with Crippen LogP contribution in [0, 0.1) is 5.92 Å². The number of Topliss-reactive ketones (excluding diaryl/α,β-unsaturated/α-hetero) is 1. The lowest BCUT2D eigenvalue weighted by molar-refractivity contribution is -0.129. The van der Waals surface area contributed by atoms with Crippen molar-refractivity contribution in [3.63, 3.8) is 0 Å². The van der Waals surface area contributed by atoms with E-state index >= 15 is 0 Å². The van der Waals surface area contributed by atoms with Crippen molar-refractivity contribution in [2.24, 2.45) is 11.7 Å². The molecule has 2 aromatic rings. The minimum Gasteiger partial charge on any atom is -0.364 e. The fourth-order valence-corrected chi connectivity index (χ4v) is 3.86. The molecule has 1 aromatic heterocycles. The number of aromatic nitrogens is 1. The van der Waals surface area contributed by atoms with Gasteiger partial charge in [0.2, 0.25) is 5.91 Å². The number of ketones is 1. The number of nitrogens with two attached hydrogens (primary N) is 1. The Kier molecular flexibility index (Phi) is 6.75. The Morgan fingerprint density at radius 2 is 1.90 bits per heavy atom. The molecule has 1 saturated carbocycles. The van der Waals surface area contributed by atoms with Gasteiger partial charge in [-0.2, -0.15) is 0 Å². The predicted octanol–water partition coefficient (Wildman–Crippen LogP) is 2.77. The summed E-state index contributed by atoms with van der Waals surface area (Å²) in [6.45, 7) is 1.73. The Labute approximate surface area is 170 Å². The fraction of sp³-hybridized carbons (Fsp3) is 0.391. The van der Waals surface area contributed by atoms with E-state index in [2.05, 4.69) is 22.4 Å². The maximum atomic E-state index is 12.6. The molecule has 6 heteroatoms. The van der Waals surface area contributed by atoms with Gasteiger partial charge in [0.1, 0.15) is 5.69 Å². The standard InChI is InChI=1S/C23H27N3O3/c1-15(21(27)12-8-16-7-11-20(22(24)28)25-14-16)26-23(29)19-10-9-18(13-19)17-5-3-2-4-6-17/h2-7,11,14-15,18-19H,8-10,12-13H2,1H3,(H2,24,28)(H,26,29)/t15-,18+,19+/m0/s1. The molecule has 3 N–H and O–H groups in total. The van der Waals surface area contributed by atoms with Crippen LogP contribution in [0.25, 0.3) is 0 Å². The molecule has 3 rings (SSSR count). The van der Waals surface area contributed by atoms with Gasteiger partial charge in [0, 0.05) is 18.5 Å². The van der Waals surface area contributed by atoms with Gasteiger partial charge in [0.05, 0.1) is 6.04 Å². The SMILES string of the molecule is C[C@H](NC(=O)[C@@H]1CC[C@@H](c2ccccc2)C1)C(=O)CCc1ccc(C(N)=O)nc1. The number of pyridine rings is 1. The Morgan fingerprint density at radius 1 is 1.14 bits per heavy atom. The number of benzene rings is 1. The zero-order chi connectivity index (χ0) is 20.8. The molecule has 1 aliphatic rings. The van der Waals surface area contributed by atoms with Gasteiger partial charge < -0.3 is 11.1 Å². The summed E-state index contributed by atoms with van der Waals surface area (Å²) in [6, 6.07) is 13.1. The molecular formula is C23H27N3O3. The molecule has 0 bridgehead atoms. The van der Waals surface area contributed by atoms with Crippen LogP contribution >= 0.6 is 0 Å². The van der Waals surface area contributed by atoms with E-state index in [-0.39, 0.29) is 23.3 Å². The van der Waals surface area contributed by atoms with E-state index in [0.29, 0.717) is 18.8 Å². The number of rotatable bonds is 8. The Bertz CT molecular complexity index is 865. The van der Waals surface area contributed by atoms with E-state index in [9.17, 15) is 14.4 Å². The molecule has 0 spiro atoms. The molecule has 152 valence electrons. The normalized spacial score (nSPS) is 19.5. The molecule has 0 unspecified atom stereocenters. The molecule has 6 nitrogen and oxygen atoms in total. The number of carbonyl (C=O) groups excluding carboxylic acids is 3. The lowest BCUT2D eigenvalue weighted by Gasteiger charge is -2.17. The monoisotopic (exact) mass is 393 g/mol. The van der Waals surface area contributed by atoms with Crippen molar-refractivity contribution >= 4 is 17.6 Å². The molecule has 29 heavy (non-hydrogen) atoms. The third-order valence-electron chi connectivity index (χ3n) is 5.65. The second-order valence-corrected chi connectivity index (χ2v) is 7.73. The number of carbonyl (C=O) groups is 3. The highest BCUT2D eigenvalue weighted by Gasteiger charge is 2.31. The summed E-state index contributed by atoms with van der Waals surface area (Å²) in [4.78, 5) is 40.0. The summed E-state index contributed by atoms with van der Waals surface area (Å²) >= 11 is 0. The lowest BCUT2D eigenvalue weighted by Crippen LogP contribution is -2.41. The number of aryl methyl sites for hydroxylation is 1. The van der Waals surface area contributed by atoms with Crippen molar-refractivity contribution in [3.05, 3.63) is 65.5 Å². The molecule has 2 amide bonds. The van der Waals surface area contributed by atoms with E-state index < -0.39 is 11.9 Å². The third kappa shape index (κ3) is 5.50. The van der Waals surface area contributed by atoms with Gasteiger partial charge in [-0.3, -0.25) is 19.4 Å². The molecule has 0 aliphatic heterocycles. The highest BCUT2D eigenvalue weighted by Crippen LogP contribution is 2.38. The van der Waals surface area contributed by atoms with Crippen LogP contribution in [0.15, 0.2) is 48.7 Å². The van der Waals surface area contributed by atoms with Gasteiger partial charge >= 0.3 is 0 Å². The molecule has 3 atom stereocenters. The summed E-state index contributed by atoms with van der Waals surface area (Å²) in [6.07, 6.45) is 5.04. The molecule has 0 saturated heterocycles. The molecular weight excluding hydrogens is 366 g/mol. The van der Waals surface area contributed by atoms with Crippen LogP contribution in [0.5, 0.6) is 0 Å². The van der Waals surface area contributed by atoms with Crippen molar-refractivity contribution < 1.29 is 14.4 Å². The average Bonchev–Trinajstić information content (AvgIpc) is 3.23. The molecule has 1 aliphatic carbocycles. The molecule has 0 radical (unpaired) electrons. The molecule has 1 aromatic carbocycles. The summed E-state index contributed by atoms with van der Waals surface area (Å²) in [5.74, 6) is -0.257. The van der Waals surface area contributed by atoms with Crippen molar-refractivity contribution in [2.45, 2.75) is 51.0 Å². The number of hydrogen-bond donors (Lipinski definition) is 2. The minimum atomic E-state index is -0.578. The first-order chi connectivity index (χ1) is 13.9. The van der Waals surface area contributed by atoms with E-state index in [4.69, 9.17) is 5.73 Å². The average molecular weight is 393 g/mol. The van der Waals surface area contributed by atoms with Gasteiger partial charge in [-0.25, -0.2) is 0 Å². The van der Waals surface area contributed by atoms with Crippen LogP contribution in [0.2, 0.25) is 0 Å². The van der Waals surface area contributed by atoms with Crippen LogP contribution in [-0.2, 0) is 16.0 Å². The van der Waals surface area contributed by atoms with Crippen molar-refractivity contribution in [3.8, 4) is 0 Å². The maximum Gasteiger partial charge on any atom is 0.267 e. The maximum absolute atomic E-state index is 12.6. The van der Waals surface area contributed by atoms with Gasteiger partial charge in [0.25, 0.3) is 5.91 Å². The largest absolute Gasteiger partial charge is 0.364 e. The minimum absolute atomic E-state index is 0.0186. The van der Waals surface area contributed by atoms with Gasteiger partial charge in [-0.15, -0.1) is 0 Å². The number of nitrogens with one attached hydrogen (secondary N) is 1. The van der Waals surface area contributed by atoms with Gasteiger partial charge in [-0.05, 0) is 55.7 Å². The molecule has 1 fully saturated rings. The van der Waals surface area contributed by atoms with Crippen molar-refractivity contribution in [1.29, 1.82) is 0 Å². The third-order valence-corrected chi connectivity index (χ3v) is 5.65. The zero-order valence-electron chi connectivity index (χ0n) is 16.6. The number of hydrogen-bond acceptors (Lipinski definition) is 4. The van der Waals surface area contributed by atoms with Crippen LogP contribution in [0.4, 0.5) is 0 Å². The first kappa shape index (κ1) is 20.7. The van der Waals surface area contributed by atoms with E-state index in [1.807, 2.05) is 18.2 Å². The smallest absolute Gasteiger partial charge is 0.267 e. The van der Waals surface area contributed by atoms with Gasteiger partial charge in [-0.1, -0.05) is 36.4 Å². The Hall–Kier alpha value is -3.02. The first-order valence-corrected chi connectivity index (χ1v) is 10.1. The highest BCUT2D eigenvalue weighted by molar-refractivity contribution is 5.91. The van der Waals surface area contributed by atoms with E-state index in [1.54, 1.807) is 25.3 Å². The number of nitrogens with zero attached hydrogens (tertiary/aromatic N) is 1. The zero-order valence-corrected chi connectivity index (χ0v) is 16.6. The molecule has 1 heterocycles. The quantitative estimate of drug-likeness (QED) is 0.720. The number of primary amides is 1. The summed E-state index contributed by atoms with van der Waals surface area (Å²) < 4.78 is 0. The van der Waals surface area contributed by atoms with Gasteiger partial charge in [0.15, 0.2) is 5.78 Å². The van der Waals surface area contributed by atoms with Crippen molar-refractivity contribution in [1.82, 2.24) is 10.3 Å². The Balaban J connectivity index is 1.45. The second-order valence-electron chi connectivity index (χ2n) is 7.73. The van der Waals surface area contributed by atoms with Crippen molar-refractivity contribution in [2.75, 3.05) is 0 Å². The fourth-order valence-electron chi connectivity index (χ4n) is 3.86. The summed E-state index contributed by atoms with van der Waals surface area (Å²) in [7, 11) is 0. The highest BCUT2D eigenvalue weighted by atomic mass is 16.2. The second kappa shape index (κ2) is 9.45. The lowest BCUT2D eigenvalue weighted by atomic mass is 9.96. The van der Waals surface area contributed by atoms with E-state index in [1.165, 1.54) is 5.56 Å². The van der Waals surface area contributed by atoms with Crippen LogP contribution in [0.1, 0.15) is 60.1 Å². The number of amides is 2.